The number of benzene rings is 1. The summed E-state index contributed by atoms with van der Waals surface area (Å²) in [4.78, 5) is 14.8. The zero-order valence-corrected chi connectivity index (χ0v) is 11.5. The summed E-state index contributed by atoms with van der Waals surface area (Å²) in [7, 11) is 0. The molecule has 0 radical (unpaired) electrons. The molecule has 1 heterocycles. The van der Waals surface area contributed by atoms with E-state index in [2.05, 4.69) is 18.8 Å². The Hall–Kier alpha value is -2.36. The van der Waals surface area contributed by atoms with Gasteiger partial charge in [-0.05, 0) is 29.7 Å². The van der Waals surface area contributed by atoms with Gasteiger partial charge in [-0.2, -0.15) is 0 Å². The second kappa shape index (κ2) is 6.19. The Morgan fingerprint density at radius 2 is 2.00 bits per heavy atom. The predicted octanol–water partition coefficient (Wildman–Crippen LogP) is 3.48. The van der Waals surface area contributed by atoms with Crippen molar-refractivity contribution in [2.45, 2.75) is 26.4 Å². The number of carbonyl (C=O) groups is 1. The molecular weight excluding hydrogens is 254 g/mol. The number of para-hydroxylation sites is 1. The Balaban J connectivity index is 2.07. The largest absolute Gasteiger partial charge is 0.487 e. The van der Waals surface area contributed by atoms with E-state index in [1.165, 1.54) is 12.3 Å². The molecule has 0 unspecified atom stereocenters. The first-order valence-corrected chi connectivity index (χ1v) is 6.48. The summed E-state index contributed by atoms with van der Waals surface area (Å²) in [6.07, 6.45) is 1.34. The fourth-order valence-corrected chi connectivity index (χ4v) is 1.88. The highest BCUT2D eigenvalue weighted by Gasteiger charge is 2.08. The zero-order chi connectivity index (χ0) is 14.5. The lowest BCUT2D eigenvalue weighted by molar-refractivity contribution is 0.0696. The minimum absolute atomic E-state index is 0.177. The van der Waals surface area contributed by atoms with E-state index in [4.69, 9.17) is 9.84 Å². The third kappa shape index (κ3) is 3.35. The third-order valence-corrected chi connectivity index (χ3v) is 2.99. The first kappa shape index (κ1) is 14.1. The fraction of sp³-hybridized carbons (Fsp3) is 0.250. The highest BCUT2D eigenvalue weighted by molar-refractivity contribution is 5.87. The molecule has 104 valence electrons. The quantitative estimate of drug-likeness (QED) is 0.904. The van der Waals surface area contributed by atoms with Crippen LogP contribution in [0.15, 0.2) is 42.6 Å². The van der Waals surface area contributed by atoms with E-state index in [0.717, 1.165) is 11.3 Å². The summed E-state index contributed by atoms with van der Waals surface area (Å²) in [6.45, 7) is 4.55. The molecule has 0 saturated heterocycles. The summed E-state index contributed by atoms with van der Waals surface area (Å²) >= 11 is 0. The van der Waals surface area contributed by atoms with E-state index in [9.17, 15) is 4.79 Å². The van der Waals surface area contributed by atoms with Gasteiger partial charge in [-0.15, -0.1) is 0 Å². The molecule has 20 heavy (non-hydrogen) atoms. The lowest BCUT2D eigenvalue weighted by Crippen LogP contribution is -2.03. The third-order valence-electron chi connectivity index (χ3n) is 2.99. The lowest BCUT2D eigenvalue weighted by atomic mass is 10.0. The van der Waals surface area contributed by atoms with Crippen molar-refractivity contribution >= 4 is 5.97 Å². The molecule has 0 aliphatic carbocycles. The summed E-state index contributed by atoms with van der Waals surface area (Å²) in [5.41, 5.74) is 2.03. The van der Waals surface area contributed by atoms with Crippen LogP contribution in [0.1, 0.15) is 41.4 Å². The molecule has 0 fully saturated rings. The number of nitrogens with zero attached hydrogens (tertiary/aromatic N) is 1. The molecule has 0 bridgehead atoms. The molecule has 4 nitrogen and oxygen atoms in total. The second-order valence-corrected chi connectivity index (χ2v) is 4.82. The summed E-state index contributed by atoms with van der Waals surface area (Å²) < 4.78 is 5.77. The molecule has 0 atom stereocenters. The average Bonchev–Trinajstić information content (AvgIpc) is 2.45. The van der Waals surface area contributed by atoms with Crippen molar-refractivity contribution in [3.05, 3.63) is 59.4 Å². The molecule has 2 aromatic rings. The van der Waals surface area contributed by atoms with Gasteiger partial charge in [-0.1, -0.05) is 32.0 Å². The monoisotopic (exact) mass is 271 g/mol. The number of carboxylic acid groups (broad SMARTS) is 1. The highest BCUT2D eigenvalue weighted by Crippen LogP contribution is 2.26. The Kier molecular flexibility index (Phi) is 4.35. The van der Waals surface area contributed by atoms with Crippen molar-refractivity contribution in [2.75, 3.05) is 0 Å². The van der Waals surface area contributed by atoms with Crippen molar-refractivity contribution < 1.29 is 14.6 Å². The molecule has 4 heteroatoms. The Labute approximate surface area is 118 Å². The smallest absolute Gasteiger partial charge is 0.337 e. The molecule has 0 amide bonds. The Morgan fingerprint density at radius 3 is 2.60 bits per heavy atom. The normalized spacial score (nSPS) is 10.6. The van der Waals surface area contributed by atoms with Gasteiger partial charge in [0, 0.05) is 6.20 Å². The first-order chi connectivity index (χ1) is 9.58. The van der Waals surface area contributed by atoms with Crippen LogP contribution < -0.4 is 4.74 Å². The highest BCUT2D eigenvalue weighted by atomic mass is 16.5. The molecule has 1 aromatic heterocycles. The van der Waals surface area contributed by atoms with Crippen molar-refractivity contribution in [3.8, 4) is 5.75 Å². The van der Waals surface area contributed by atoms with Gasteiger partial charge < -0.3 is 9.84 Å². The second-order valence-electron chi connectivity index (χ2n) is 4.82. The van der Waals surface area contributed by atoms with Gasteiger partial charge in [0.05, 0.1) is 11.3 Å². The van der Waals surface area contributed by atoms with Crippen LogP contribution in [0.3, 0.4) is 0 Å². The van der Waals surface area contributed by atoms with E-state index in [1.54, 1.807) is 6.07 Å². The maximum atomic E-state index is 10.7. The maximum Gasteiger partial charge on any atom is 0.337 e. The number of ether oxygens (including phenoxy) is 1. The summed E-state index contributed by atoms with van der Waals surface area (Å²) in [5.74, 6) is 0.246. The minimum atomic E-state index is -0.977. The number of carboxylic acids is 1. The van der Waals surface area contributed by atoms with Gasteiger partial charge in [-0.25, -0.2) is 4.79 Å². The van der Waals surface area contributed by atoms with Crippen molar-refractivity contribution in [1.82, 2.24) is 4.98 Å². The summed E-state index contributed by atoms with van der Waals surface area (Å²) in [6, 6.07) is 11.1. The number of rotatable bonds is 5. The van der Waals surface area contributed by atoms with Crippen LogP contribution in [-0.4, -0.2) is 16.1 Å². The number of hydrogen-bond acceptors (Lipinski definition) is 3. The number of hydrogen-bond donors (Lipinski definition) is 1. The average molecular weight is 271 g/mol. The van der Waals surface area contributed by atoms with E-state index < -0.39 is 5.97 Å². The van der Waals surface area contributed by atoms with E-state index in [1.807, 2.05) is 24.3 Å². The van der Waals surface area contributed by atoms with Gasteiger partial charge in [0.2, 0.25) is 0 Å². The van der Waals surface area contributed by atoms with Crippen LogP contribution >= 0.6 is 0 Å². The standard InChI is InChI=1S/C16H17NO3/c1-11(2)14-5-3-4-6-15(14)20-10-13-8-7-12(9-17-13)16(18)19/h3-9,11H,10H2,1-2H3,(H,18,19). The van der Waals surface area contributed by atoms with Gasteiger partial charge in [0.25, 0.3) is 0 Å². The zero-order valence-electron chi connectivity index (χ0n) is 11.5. The number of pyridine rings is 1. The van der Waals surface area contributed by atoms with Crippen LogP contribution in [0.4, 0.5) is 0 Å². The Bertz CT molecular complexity index is 591. The first-order valence-electron chi connectivity index (χ1n) is 6.48. The Morgan fingerprint density at radius 1 is 1.25 bits per heavy atom. The molecule has 0 aliphatic heterocycles. The van der Waals surface area contributed by atoms with Crippen LogP contribution in [0, 0.1) is 0 Å². The van der Waals surface area contributed by atoms with Gasteiger partial charge in [-0.3, -0.25) is 4.98 Å². The number of aromatic carboxylic acids is 1. The van der Waals surface area contributed by atoms with Crippen LogP contribution in [0.5, 0.6) is 5.75 Å². The molecule has 1 aromatic carbocycles. The molecular formula is C16H17NO3. The van der Waals surface area contributed by atoms with E-state index in [-0.39, 0.29) is 5.56 Å². The lowest BCUT2D eigenvalue weighted by Gasteiger charge is -2.13. The van der Waals surface area contributed by atoms with Crippen molar-refractivity contribution in [2.24, 2.45) is 0 Å². The summed E-state index contributed by atoms with van der Waals surface area (Å²) in [5, 5.41) is 8.81. The van der Waals surface area contributed by atoms with Gasteiger partial charge in [0.1, 0.15) is 12.4 Å². The van der Waals surface area contributed by atoms with Crippen LogP contribution in [0.2, 0.25) is 0 Å². The molecule has 1 N–H and O–H groups in total. The number of aromatic nitrogens is 1. The SMILES string of the molecule is CC(C)c1ccccc1OCc1ccc(C(=O)O)cn1. The van der Waals surface area contributed by atoms with Crippen LogP contribution in [0.25, 0.3) is 0 Å². The van der Waals surface area contributed by atoms with Crippen molar-refractivity contribution in [3.63, 3.8) is 0 Å². The van der Waals surface area contributed by atoms with Gasteiger partial charge >= 0.3 is 5.97 Å². The van der Waals surface area contributed by atoms with E-state index in [0.29, 0.717) is 18.2 Å². The molecule has 0 saturated carbocycles. The molecule has 2 rings (SSSR count). The maximum absolute atomic E-state index is 10.7. The fourth-order valence-electron chi connectivity index (χ4n) is 1.88. The minimum Gasteiger partial charge on any atom is -0.487 e. The molecule has 0 spiro atoms. The van der Waals surface area contributed by atoms with Crippen LogP contribution in [-0.2, 0) is 6.61 Å². The van der Waals surface area contributed by atoms with E-state index >= 15 is 0 Å². The topological polar surface area (TPSA) is 59.4 Å². The predicted molar refractivity (Wildman–Crippen MR) is 76.1 cm³/mol. The van der Waals surface area contributed by atoms with Gasteiger partial charge in [0.15, 0.2) is 0 Å². The van der Waals surface area contributed by atoms with Crippen molar-refractivity contribution in [1.29, 1.82) is 0 Å². The molecule has 0 aliphatic rings.